The number of rotatable bonds is 11. The Morgan fingerprint density at radius 1 is 0.476 bits per heavy atom. The standard InChI is InChI=1S/C75H77N4O.CH3.Pt/c1-48(2)62-27-22-28-63(49(3)4)71(62)52-37-58(77-47-78(69-43-54(72(5,6)7)30-34-67(69)77)59-41-56(74(11,12)13)40-57(42-59)75(14,15)53-25-20-17-21-26-53)45-61(38-52)80-60-31-32-64-65-39-51(50-23-18-16-19-24-50)29-33-66(65)79(68(64)46-60)70-44-55(35-36-76-70)73(8,9)10;;/h16-44,47-49H,1-15H3;1H3;/q-3;-1;+4. The van der Waals surface area contributed by atoms with Crippen LogP contribution in [0.3, 0.4) is 0 Å². The van der Waals surface area contributed by atoms with Crippen LogP contribution in [0, 0.1) is 26.2 Å². The Morgan fingerprint density at radius 3 is 1.76 bits per heavy atom. The number of aromatic nitrogens is 2. The summed E-state index contributed by atoms with van der Waals surface area (Å²) < 4.78 is 9.47. The van der Waals surface area contributed by atoms with E-state index in [1.54, 1.807) is 0 Å². The Balaban J connectivity index is 0.00000405. The number of pyridine rings is 1. The summed E-state index contributed by atoms with van der Waals surface area (Å²) in [5.74, 6) is 2.59. The second-order valence-corrected chi connectivity index (χ2v) is 26.3. The van der Waals surface area contributed by atoms with E-state index < -0.39 is 0 Å². The summed E-state index contributed by atoms with van der Waals surface area (Å²) in [6.45, 7) is 36.7. The van der Waals surface area contributed by atoms with Crippen LogP contribution in [0.4, 0.5) is 22.7 Å². The summed E-state index contributed by atoms with van der Waals surface area (Å²) in [6, 6.07) is 70.0. The molecule has 0 spiro atoms. The second-order valence-electron chi connectivity index (χ2n) is 26.3. The van der Waals surface area contributed by atoms with Crippen LogP contribution in [-0.4, -0.2) is 9.55 Å². The van der Waals surface area contributed by atoms with Crippen LogP contribution in [0.5, 0.6) is 11.5 Å². The van der Waals surface area contributed by atoms with Crippen LogP contribution in [-0.2, 0) is 42.7 Å². The molecule has 8 aromatic carbocycles. The summed E-state index contributed by atoms with van der Waals surface area (Å²) in [6.07, 6.45) is 1.93. The fourth-order valence-electron chi connectivity index (χ4n) is 11.5. The van der Waals surface area contributed by atoms with Gasteiger partial charge in [-0.2, -0.15) is 6.07 Å². The number of hydrogen-bond donors (Lipinski definition) is 0. The summed E-state index contributed by atoms with van der Waals surface area (Å²) in [7, 11) is 0. The van der Waals surface area contributed by atoms with E-state index in [4.69, 9.17) is 9.72 Å². The average Bonchev–Trinajstić information content (AvgIpc) is 4.18. The van der Waals surface area contributed by atoms with Gasteiger partial charge < -0.3 is 26.5 Å². The van der Waals surface area contributed by atoms with Gasteiger partial charge in [0.05, 0.1) is 0 Å². The zero-order chi connectivity index (χ0) is 56.6. The molecule has 11 rings (SSSR count). The molecule has 1 aliphatic heterocycles. The number of anilines is 4. The minimum Gasteiger partial charge on any atom is -0.509 e. The minimum absolute atomic E-state index is 0. The van der Waals surface area contributed by atoms with Crippen molar-refractivity contribution in [3.8, 4) is 39.6 Å². The molecule has 10 aromatic rings. The molecule has 0 aliphatic carbocycles. The smallest absolute Gasteiger partial charge is 0.509 e. The zero-order valence-corrected chi connectivity index (χ0v) is 53.3. The second kappa shape index (κ2) is 22.5. The predicted molar refractivity (Wildman–Crippen MR) is 344 cm³/mol. The molecule has 6 heteroatoms. The molecule has 0 amide bonds. The van der Waals surface area contributed by atoms with E-state index in [9.17, 15) is 0 Å². The van der Waals surface area contributed by atoms with E-state index in [2.05, 4.69) is 307 Å². The van der Waals surface area contributed by atoms with Crippen molar-refractivity contribution in [2.75, 3.05) is 9.80 Å². The normalized spacial score (nSPS) is 13.0. The molecule has 0 fully saturated rings. The van der Waals surface area contributed by atoms with Gasteiger partial charge in [-0.25, -0.2) is 4.98 Å². The van der Waals surface area contributed by atoms with Crippen LogP contribution in [0.2, 0.25) is 0 Å². The summed E-state index contributed by atoms with van der Waals surface area (Å²) in [4.78, 5) is 9.75. The van der Waals surface area contributed by atoms with Gasteiger partial charge in [0.25, 0.3) is 0 Å². The van der Waals surface area contributed by atoms with E-state index in [-0.39, 0.29) is 62.0 Å². The molecule has 0 radical (unpaired) electrons. The van der Waals surface area contributed by atoms with E-state index in [1.165, 1.54) is 50.1 Å². The maximum absolute atomic E-state index is 7.22. The van der Waals surface area contributed by atoms with Gasteiger partial charge in [0.2, 0.25) is 0 Å². The first-order valence-electron chi connectivity index (χ1n) is 28.6. The Bertz CT molecular complexity index is 3910. The van der Waals surface area contributed by atoms with Crippen molar-refractivity contribution in [2.24, 2.45) is 0 Å². The molecule has 1 aliphatic rings. The number of benzene rings is 8. The summed E-state index contributed by atoms with van der Waals surface area (Å²) >= 11 is 0. The molecule has 420 valence electrons. The van der Waals surface area contributed by atoms with Gasteiger partial charge in [0.15, 0.2) is 0 Å². The third-order valence-electron chi connectivity index (χ3n) is 16.4. The van der Waals surface area contributed by atoms with Crippen LogP contribution in [0.1, 0.15) is 155 Å². The minimum atomic E-state index is -0.258. The molecule has 0 saturated heterocycles. The molecular weight excluding hydrogens is 1180 g/mol. The molecule has 82 heavy (non-hydrogen) atoms. The van der Waals surface area contributed by atoms with Gasteiger partial charge in [0, 0.05) is 45.7 Å². The Labute approximate surface area is 504 Å². The van der Waals surface area contributed by atoms with E-state index in [0.717, 1.165) is 61.5 Å². The van der Waals surface area contributed by atoms with Gasteiger partial charge >= 0.3 is 21.1 Å². The first-order valence-corrected chi connectivity index (χ1v) is 28.6. The van der Waals surface area contributed by atoms with E-state index in [0.29, 0.717) is 11.5 Å². The Hall–Kier alpha value is -7.20. The number of fused-ring (bicyclic) bond motifs is 4. The first-order chi connectivity index (χ1) is 37.9. The summed E-state index contributed by atoms with van der Waals surface area (Å²) in [5, 5.41) is 2.20. The zero-order valence-electron chi connectivity index (χ0n) is 51.0. The van der Waals surface area contributed by atoms with Crippen LogP contribution < -0.4 is 14.5 Å². The topological polar surface area (TPSA) is 33.5 Å². The molecule has 0 bridgehead atoms. The van der Waals surface area contributed by atoms with Crippen LogP contribution in [0.15, 0.2) is 176 Å². The molecule has 5 nitrogen and oxygen atoms in total. The van der Waals surface area contributed by atoms with Crippen LogP contribution >= 0.6 is 0 Å². The quantitative estimate of drug-likeness (QED) is 0.121. The number of hydrogen-bond acceptors (Lipinski definition) is 4. The van der Waals surface area contributed by atoms with Crippen molar-refractivity contribution in [1.29, 1.82) is 0 Å². The maximum Gasteiger partial charge on any atom is 4.00 e. The molecule has 0 atom stereocenters. The van der Waals surface area contributed by atoms with Gasteiger partial charge in [-0.3, -0.25) is 0 Å². The first kappa shape index (κ1) is 59.4. The average molecular weight is 1260 g/mol. The molecule has 2 aromatic heterocycles. The number of ether oxygens (including phenoxy) is 1. The molecule has 3 heterocycles. The van der Waals surface area contributed by atoms with E-state index >= 15 is 0 Å². The molecule has 0 N–H and O–H groups in total. The van der Waals surface area contributed by atoms with Gasteiger partial charge in [0.1, 0.15) is 5.82 Å². The van der Waals surface area contributed by atoms with Crippen LogP contribution in [0.25, 0.3) is 49.9 Å². The largest absolute Gasteiger partial charge is 4.00 e. The van der Waals surface area contributed by atoms with Crippen molar-refractivity contribution < 1.29 is 25.8 Å². The van der Waals surface area contributed by atoms with Gasteiger partial charge in [-0.15, -0.1) is 53.6 Å². The SMILES string of the molecule is CC(C)c1cccc(C(C)C)c1-c1cc(Oc2[c-]c3c(cc2)c2cc(-c4ccccc4)ccc2n3-c2cc(C(C)(C)C)ccn2)[c-]c(N2[CH-]N(c3cc(C(C)(C)C)cc(C(C)(C)c4ccccc4)c3)c3cc(C(C)(C)C)ccc32)c1.[CH3-].[Pt+4]. The van der Waals surface area contributed by atoms with Crippen molar-refractivity contribution in [3.63, 3.8) is 0 Å². The van der Waals surface area contributed by atoms with Crippen molar-refractivity contribution in [3.05, 3.63) is 241 Å². The third kappa shape index (κ3) is 11.4. The molecule has 0 saturated carbocycles. The molecular formula is C76H80N4OPt. The van der Waals surface area contributed by atoms with Crippen molar-refractivity contribution in [2.45, 2.75) is 137 Å². The van der Waals surface area contributed by atoms with Gasteiger partial charge in [-0.05, 0) is 132 Å². The molecule has 0 unspecified atom stereocenters. The van der Waals surface area contributed by atoms with Crippen molar-refractivity contribution >= 4 is 44.6 Å². The Morgan fingerprint density at radius 2 is 1.11 bits per heavy atom. The maximum atomic E-state index is 7.22. The predicted octanol–water partition coefficient (Wildman–Crippen LogP) is 21.2. The van der Waals surface area contributed by atoms with Crippen molar-refractivity contribution in [1.82, 2.24) is 9.55 Å². The fraction of sp³-hybridized carbons (Fsp3) is 0.276. The summed E-state index contributed by atoms with van der Waals surface area (Å²) in [5.41, 5.74) is 19.1. The number of nitrogens with zero attached hydrogens (tertiary/aromatic N) is 4. The van der Waals surface area contributed by atoms with Gasteiger partial charge in [-0.1, -0.05) is 213 Å². The fourth-order valence-corrected chi connectivity index (χ4v) is 11.5. The third-order valence-corrected chi connectivity index (χ3v) is 16.4. The monoisotopic (exact) mass is 1260 g/mol. The Kier molecular flexibility index (Phi) is 16.3. The van der Waals surface area contributed by atoms with E-state index in [1.807, 2.05) is 6.20 Å².